The molecule has 10 heteroatoms. The van der Waals surface area contributed by atoms with E-state index in [-0.39, 0.29) is 18.8 Å². The van der Waals surface area contributed by atoms with Crippen LogP contribution in [0, 0.1) is 0 Å². The summed E-state index contributed by atoms with van der Waals surface area (Å²) in [5.74, 6) is 0.263. The molecule has 0 aliphatic heterocycles. The minimum atomic E-state index is -4.78. The Morgan fingerprint density at radius 3 is 2.44 bits per heavy atom. The van der Waals surface area contributed by atoms with Crippen molar-refractivity contribution in [2.24, 2.45) is 0 Å². The van der Waals surface area contributed by atoms with Crippen LogP contribution in [0.4, 0.5) is 13.2 Å². The van der Waals surface area contributed by atoms with Gasteiger partial charge in [0.2, 0.25) is 0 Å². The highest BCUT2D eigenvalue weighted by molar-refractivity contribution is 5.67. The second-order valence-corrected chi connectivity index (χ2v) is 7.03. The van der Waals surface area contributed by atoms with E-state index in [1.807, 2.05) is 18.2 Å². The first-order chi connectivity index (χ1) is 15.3. The van der Waals surface area contributed by atoms with Gasteiger partial charge < -0.3 is 14.6 Å². The van der Waals surface area contributed by atoms with Crippen molar-refractivity contribution in [3.05, 3.63) is 82.9 Å². The summed E-state index contributed by atoms with van der Waals surface area (Å²) in [6, 6.07) is 16.0. The van der Waals surface area contributed by atoms with E-state index in [1.165, 1.54) is 34.9 Å². The van der Waals surface area contributed by atoms with Crippen LogP contribution in [0.25, 0.3) is 16.8 Å². The van der Waals surface area contributed by atoms with Crippen LogP contribution in [-0.4, -0.2) is 38.8 Å². The first-order valence-electron chi connectivity index (χ1n) is 9.60. The van der Waals surface area contributed by atoms with E-state index in [0.717, 1.165) is 0 Å². The standard InChI is InChI=1S/C22H18F3N3O4/c23-22(24,25)32-19-8-6-14(7-9-19)16-10-15(20-26-27-21(30)28(20)12-16)11-17(29)13-31-18-4-2-1-3-5-18/h1-10,12,17,29H,11,13H2,(H,27,30). The van der Waals surface area contributed by atoms with Crippen molar-refractivity contribution < 1.29 is 27.8 Å². The molecule has 7 nitrogen and oxygen atoms in total. The van der Waals surface area contributed by atoms with Gasteiger partial charge >= 0.3 is 12.1 Å². The number of nitrogens with zero attached hydrogens (tertiary/aromatic N) is 2. The minimum Gasteiger partial charge on any atom is -0.491 e. The van der Waals surface area contributed by atoms with Crippen molar-refractivity contribution in [2.45, 2.75) is 18.9 Å². The number of pyridine rings is 1. The molecule has 0 bridgehead atoms. The molecule has 2 aromatic carbocycles. The molecule has 0 saturated carbocycles. The van der Waals surface area contributed by atoms with Gasteiger partial charge in [-0.1, -0.05) is 30.3 Å². The molecular weight excluding hydrogens is 427 g/mol. The summed E-state index contributed by atoms with van der Waals surface area (Å²) in [5, 5.41) is 16.8. The Bertz CT molecular complexity index is 1250. The molecule has 4 aromatic rings. The summed E-state index contributed by atoms with van der Waals surface area (Å²) in [6.45, 7) is 0.0263. The van der Waals surface area contributed by atoms with Crippen LogP contribution in [0.3, 0.4) is 0 Å². The lowest BCUT2D eigenvalue weighted by Gasteiger charge is -2.14. The number of alkyl halides is 3. The molecule has 0 aliphatic rings. The fraction of sp³-hybridized carbons (Fsp3) is 0.182. The molecule has 1 atom stereocenters. The van der Waals surface area contributed by atoms with E-state index >= 15 is 0 Å². The van der Waals surface area contributed by atoms with Crippen LogP contribution in [0.15, 0.2) is 71.7 Å². The number of H-pyrrole nitrogens is 1. The van der Waals surface area contributed by atoms with Crippen molar-refractivity contribution in [2.75, 3.05) is 6.61 Å². The molecule has 0 spiro atoms. The smallest absolute Gasteiger partial charge is 0.491 e. The Kier molecular flexibility index (Phi) is 5.87. The van der Waals surface area contributed by atoms with E-state index < -0.39 is 18.2 Å². The Labute approximate surface area is 179 Å². The lowest BCUT2D eigenvalue weighted by atomic mass is 10.0. The van der Waals surface area contributed by atoms with Crippen LogP contribution < -0.4 is 15.2 Å². The van der Waals surface area contributed by atoms with Crippen molar-refractivity contribution >= 4 is 5.65 Å². The second kappa shape index (κ2) is 8.75. The van der Waals surface area contributed by atoms with Crippen molar-refractivity contribution in [1.29, 1.82) is 0 Å². The maximum Gasteiger partial charge on any atom is 0.573 e. The maximum atomic E-state index is 12.4. The molecule has 0 amide bonds. The van der Waals surface area contributed by atoms with Crippen LogP contribution in [0.5, 0.6) is 11.5 Å². The largest absolute Gasteiger partial charge is 0.573 e. The van der Waals surface area contributed by atoms with Gasteiger partial charge in [-0.25, -0.2) is 14.3 Å². The number of para-hydroxylation sites is 1. The highest BCUT2D eigenvalue weighted by Gasteiger charge is 2.31. The molecule has 0 aliphatic carbocycles. The Hall–Kier alpha value is -3.79. The van der Waals surface area contributed by atoms with Crippen molar-refractivity contribution in [1.82, 2.24) is 14.6 Å². The van der Waals surface area contributed by atoms with Gasteiger partial charge in [-0.05, 0) is 41.5 Å². The molecule has 1 unspecified atom stereocenters. The summed E-state index contributed by atoms with van der Waals surface area (Å²) in [7, 11) is 0. The number of rotatable bonds is 7. The molecule has 4 rings (SSSR count). The molecular formula is C22H18F3N3O4. The topological polar surface area (TPSA) is 88.9 Å². The van der Waals surface area contributed by atoms with Gasteiger partial charge in [-0.2, -0.15) is 5.10 Å². The van der Waals surface area contributed by atoms with Crippen LogP contribution in [0.1, 0.15) is 5.56 Å². The zero-order valence-electron chi connectivity index (χ0n) is 16.5. The molecule has 2 aromatic heterocycles. The number of nitrogens with one attached hydrogen (secondary N) is 1. The van der Waals surface area contributed by atoms with Crippen molar-refractivity contribution in [3.63, 3.8) is 0 Å². The minimum absolute atomic E-state index is 0.0263. The van der Waals surface area contributed by atoms with Gasteiger partial charge in [0.25, 0.3) is 0 Å². The summed E-state index contributed by atoms with van der Waals surface area (Å²) in [4.78, 5) is 12.1. The number of aliphatic hydroxyl groups is 1. The lowest BCUT2D eigenvalue weighted by molar-refractivity contribution is -0.274. The molecule has 2 heterocycles. The summed E-state index contributed by atoms with van der Waals surface area (Å²) in [6.07, 6.45) is -4.00. The number of aromatic nitrogens is 3. The zero-order valence-corrected chi connectivity index (χ0v) is 16.5. The number of fused-ring (bicyclic) bond motifs is 1. The van der Waals surface area contributed by atoms with E-state index in [1.54, 1.807) is 18.2 Å². The SMILES string of the molecule is O=c1[nH]nc2c(CC(O)COc3ccccc3)cc(-c3ccc(OC(F)(F)F)cc3)cn12. The number of aliphatic hydroxyl groups excluding tert-OH is 1. The highest BCUT2D eigenvalue weighted by atomic mass is 19.4. The number of hydrogen-bond acceptors (Lipinski definition) is 5. The van der Waals surface area contributed by atoms with E-state index in [9.17, 15) is 23.1 Å². The highest BCUT2D eigenvalue weighted by Crippen LogP contribution is 2.28. The van der Waals surface area contributed by atoms with Crippen LogP contribution in [-0.2, 0) is 6.42 Å². The number of benzene rings is 2. The van der Waals surface area contributed by atoms with E-state index in [4.69, 9.17) is 4.74 Å². The monoisotopic (exact) mass is 445 g/mol. The van der Waals surface area contributed by atoms with Crippen LogP contribution >= 0.6 is 0 Å². The summed E-state index contributed by atoms with van der Waals surface area (Å²) < 4.78 is 47.9. The molecule has 2 N–H and O–H groups in total. The fourth-order valence-corrected chi connectivity index (χ4v) is 3.26. The van der Waals surface area contributed by atoms with E-state index in [2.05, 4.69) is 14.9 Å². The zero-order chi connectivity index (χ0) is 22.7. The van der Waals surface area contributed by atoms with Gasteiger partial charge in [0.15, 0.2) is 5.65 Å². The molecule has 0 saturated heterocycles. The average molecular weight is 445 g/mol. The third kappa shape index (κ3) is 5.09. The molecule has 0 fully saturated rings. The van der Waals surface area contributed by atoms with Gasteiger partial charge in [-0.15, -0.1) is 13.2 Å². The number of ether oxygens (including phenoxy) is 2. The third-order valence-electron chi connectivity index (χ3n) is 4.65. The van der Waals surface area contributed by atoms with Gasteiger partial charge in [0.05, 0.1) is 6.10 Å². The molecule has 0 radical (unpaired) electrons. The Morgan fingerprint density at radius 1 is 1.03 bits per heavy atom. The second-order valence-electron chi connectivity index (χ2n) is 7.03. The van der Waals surface area contributed by atoms with Gasteiger partial charge in [0.1, 0.15) is 18.1 Å². The van der Waals surface area contributed by atoms with Crippen molar-refractivity contribution in [3.8, 4) is 22.6 Å². The average Bonchev–Trinajstić information content (AvgIpc) is 3.13. The van der Waals surface area contributed by atoms with E-state index in [0.29, 0.717) is 28.1 Å². The quantitative estimate of drug-likeness (QED) is 0.454. The normalized spacial score (nSPS) is 12.6. The van der Waals surface area contributed by atoms with Crippen LogP contribution in [0.2, 0.25) is 0 Å². The predicted molar refractivity (Wildman–Crippen MR) is 110 cm³/mol. The predicted octanol–water partition coefficient (Wildman–Crippen LogP) is 3.57. The summed E-state index contributed by atoms with van der Waals surface area (Å²) >= 11 is 0. The number of aromatic amines is 1. The Balaban J connectivity index is 1.58. The van der Waals surface area contributed by atoms with Gasteiger partial charge in [0, 0.05) is 18.2 Å². The fourth-order valence-electron chi connectivity index (χ4n) is 3.26. The van der Waals surface area contributed by atoms with Gasteiger partial charge in [-0.3, -0.25) is 0 Å². The number of hydrogen-bond donors (Lipinski definition) is 2. The molecule has 166 valence electrons. The molecule has 32 heavy (non-hydrogen) atoms. The Morgan fingerprint density at radius 2 is 1.75 bits per heavy atom. The maximum absolute atomic E-state index is 12.4. The lowest BCUT2D eigenvalue weighted by Crippen LogP contribution is -2.21. The first-order valence-corrected chi connectivity index (χ1v) is 9.60. The third-order valence-corrected chi connectivity index (χ3v) is 4.65. The first kappa shape index (κ1) is 21.4. The number of halogens is 3. The summed E-state index contributed by atoms with van der Waals surface area (Å²) in [5.41, 5.74) is 1.56.